The zero-order valence-corrected chi connectivity index (χ0v) is 9.56. The number of aromatic hydroxyl groups is 1. The van der Waals surface area contributed by atoms with Crippen LogP contribution in [0.25, 0.3) is 0 Å². The van der Waals surface area contributed by atoms with E-state index in [2.05, 4.69) is 15.9 Å². The highest BCUT2D eigenvalue weighted by molar-refractivity contribution is 9.10. The summed E-state index contributed by atoms with van der Waals surface area (Å²) in [5, 5.41) is 10.2. The van der Waals surface area contributed by atoms with Gasteiger partial charge in [0.05, 0.1) is 4.47 Å². The molecular formula is C9H11BrClNO. The second-order valence-corrected chi connectivity index (χ2v) is 4.07. The first-order valence-electron chi connectivity index (χ1n) is 4.00. The number of benzene rings is 1. The van der Waals surface area contributed by atoms with Crippen molar-refractivity contribution >= 4 is 27.5 Å². The summed E-state index contributed by atoms with van der Waals surface area (Å²) in [6, 6.07) is 3.20. The summed E-state index contributed by atoms with van der Waals surface area (Å²) < 4.78 is 0.621. The van der Waals surface area contributed by atoms with E-state index < -0.39 is 0 Å². The summed E-state index contributed by atoms with van der Waals surface area (Å²) in [4.78, 5) is 0. The molecule has 0 aliphatic rings. The Labute approximate surface area is 90.8 Å². The molecule has 72 valence electrons. The average molecular weight is 265 g/mol. The maximum absolute atomic E-state index is 9.67. The molecule has 0 aliphatic heterocycles. The van der Waals surface area contributed by atoms with Gasteiger partial charge in [0, 0.05) is 16.6 Å². The van der Waals surface area contributed by atoms with Gasteiger partial charge in [-0.25, -0.2) is 0 Å². The van der Waals surface area contributed by atoms with Crippen LogP contribution in [0.15, 0.2) is 16.6 Å². The molecule has 0 saturated heterocycles. The highest BCUT2D eigenvalue weighted by atomic mass is 79.9. The first-order valence-corrected chi connectivity index (χ1v) is 5.17. The van der Waals surface area contributed by atoms with Crippen molar-refractivity contribution < 1.29 is 5.11 Å². The van der Waals surface area contributed by atoms with Gasteiger partial charge in [-0.1, -0.05) is 18.5 Å². The van der Waals surface area contributed by atoms with Crippen LogP contribution in [0.2, 0.25) is 5.02 Å². The molecule has 4 heteroatoms. The van der Waals surface area contributed by atoms with E-state index in [1.165, 1.54) is 0 Å². The Kier molecular flexibility index (Phi) is 3.59. The Morgan fingerprint density at radius 1 is 1.62 bits per heavy atom. The maximum atomic E-state index is 9.67. The minimum absolute atomic E-state index is 0.141. The molecule has 1 aromatic rings. The molecule has 0 heterocycles. The topological polar surface area (TPSA) is 46.2 Å². The van der Waals surface area contributed by atoms with Crippen LogP contribution in [-0.2, 0) is 0 Å². The fraction of sp³-hybridized carbons (Fsp3) is 0.333. The number of nitrogens with two attached hydrogens (primary N) is 1. The lowest BCUT2D eigenvalue weighted by molar-refractivity contribution is 0.457. The van der Waals surface area contributed by atoms with Crippen molar-refractivity contribution in [1.29, 1.82) is 0 Å². The van der Waals surface area contributed by atoms with Crippen LogP contribution in [0.3, 0.4) is 0 Å². The minimum Gasteiger partial charge on any atom is -0.506 e. The van der Waals surface area contributed by atoms with E-state index in [4.69, 9.17) is 17.3 Å². The van der Waals surface area contributed by atoms with Crippen molar-refractivity contribution in [2.45, 2.75) is 19.4 Å². The Morgan fingerprint density at radius 3 is 2.77 bits per heavy atom. The predicted octanol–water partition coefficient (Wildman–Crippen LogP) is 3.22. The summed E-state index contributed by atoms with van der Waals surface area (Å²) in [5.74, 6) is 0.141. The number of phenols is 1. The third-order valence-corrected chi connectivity index (χ3v) is 2.89. The molecular weight excluding hydrogens is 253 g/mol. The third-order valence-electron chi connectivity index (χ3n) is 1.93. The van der Waals surface area contributed by atoms with Gasteiger partial charge in [-0.2, -0.15) is 0 Å². The molecule has 0 saturated carbocycles. The Hall–Kier alpha value is -0.250. The third kappa shape index (κ3) is 2.16. The summed E-state index contributed by atoms with van der Waals surface area (Å²) >= 11 is 9.13. The fourth-order valence-electron chi connectivity index (χ4n) is 1.11. The van der Waals surface area contributed by atoms with Gasteiger partial charge < -0.3 is 10.8 Å². The molecule has 0 bridgehead atoms. The fourth-order valence-corrected chi connectivity index (χ4v) is 1.75. The number of rotatable bonds is 2. The van der Waals surface area contributed by atoms with Crippen LogP contribution in [-0.4, -0.2) is 5.11 Å². The lowest BCUT2D eigenvalue weighted by atomic mass is 10.0. The first-order chi connectivity index (χ1) is 6.07. The van der Waals surface area contributed by atoms with Crippen molar-refractivity contribution in [3.8, 4) is 5.75 Å². The largest absolute Gasteiger partial charge is 0.506 e. The van der Waals surface area contributed by atoms with E-state index in [0.29, 0.717) is 15.1 Å². The zero-order valence-electron chi connectivity index (χ0n) is 7.22. The molecule has 1 aromatic carbocycles. The van der Waals surface area contributed by atoms with E-state index in [1.807, 2.05) is 6.92 Å². The highest BCUT2D eigenvalue weighted by Crippen LogP contribution is 2.37. The Bertz CT molecular complexity index is 317. The Morgan fingerprint density at radius 2 is 2.23 bits per heavy atom. The summed E-state index contributed by atoms with van der Waals surface area (Å²) in [6.07, 6.45) is 0.740. The van der Waals surface area contributed by atoms with Gasteiger partial charge in [0.1, 0.15) is 5.75 Å². The normalized spacial score (nSPS) is 12.9. The van der Waals surface area contributed by atoms with Crippen molar-refractivity contribution in [1.82, 2.24) is 0 Å². The quantitative estimate of drug-likeness (QED) is 0.861. The van der Waals surface area contributed by atoms with E-state index in [1.54, 1.807) is 12.1 Å². The minimum atomic E-state index is -0.218. The van der Waals surface area contributed by atoms with Gasteiger partial charge in [-0.05, 0) is 34.5 Å². The molecule has 0 amide bonds. The van der Waals surface area contributed by atoms with Crippen molar-refractivity contribution in [3.05, 3.63) is 27.2 Å². The van der Waals surface area contributed by atoms with E-state index >= 15 is 0 Å². The lowest BCUT2D eigenvalue weighted by Gasteiger charge is -2.14. The predicted molar refractivity (Wildman–Crippen MR) is 58.0 cm³/mol. The van der Waals surface area contributed by atoms with Crippen LogP contribution in [0.4, 0.5) is 0 Å². The van der Waals surface area contributed by atoms with Crippen LogP contribution in [0.5, 0.6) is 5.75 Å². The van der Waals surface area contributed by atoms with E-state index in [9.17, 15) is 5.11 Å². The van der Waals surface area contributed by atoms with Gasteiger partial charge in [-0.3, -0.25) is 0 Å². The smallest absolute Gasteiger partial charge is 0.136 e. The van der Waals surface area contributed by atoms with E-state index in [-0.39, 0.29) is 11.8 Å². The van der Waals surface area contributed by atoms with Crippen molar-refractivity contribution in [2.24, 2.45) is 5.73 Å². The Balaban J connectivity index is 3.25. The molecule has 13 heavy (non-hydrogen) atoms. The molecule has 3 N–H and O–H groups in total. The lowest BCUT2D eigenvalue weighted by Crippen LogP contribution is -2.09. The molecule has 0 fully saturated rings. The van der Waals surface area contributed by atoms with Gasteiger partial charge in [0.15, 0.2) is 0 Å². The number of hydrogen-bond donors (Lipinski definition) is 2. The van der Waals surface area contributed by atoms with E-state index in [0.717, 1.165) is 6.42 Å². The summed E-state index contributed by atoms with van der Waals surface area (Å²) in [7, 11) is 0. The molecule has 1 atom stereocenters. The number of halogens is 2. The molecule has 0 aliphatic carbocycles. The van der Waals surface area contributed by atoms with Gasteiger partial charge >= 0.3 is 0 Å². The first kappa shape index (κ1) is 10.8. The van der Waals surface area contributed by atoms with Gasteiger partial charge in [0.25, 0.3) is 0 Å². The molecule has 0 spiro atoms. The number of phenolic OH excluding ortho intramolecular Hbond substituents is 1. The summed E-state index contributed by atoms with van der Waals surface area (Å²) in [5.41, 5.74) is 6.41. The summed E-state index contributed by atoms with van der Waals surface area (Å²) in [6.45, 7) is 1.95. The van der Waals surface area contributed by atoms with Crippen molar-refractivity contribution in [2.75, 3.05) is 0 Å². The molecule has 2 nitrogen and oxygen atoms in total. The van der Waals surface area contributed by atoms with Gasteiger partial charge in [-0.15, -0.1) is 0 Å². The average Bonchev–Trinajstić information content (AvgIpc) is 2.12. The van der Waals surface area contributed by atoms with Crippen LogP contribution >= 0.6 is 27.5 Å². The van der Waals surface area contributed by atoms with Crippen LogP contribution in [0, 0.1) is 0 Å². The monoisotopic (exact) mass is 263 g/mol. The van der Waals surface area contributed by atoms with Crippen LogP contribution < -0.4 is 5.73 Å². The standard InChI is InChI=1S/C9H11BrClNO/c1-2-7(12)8-6(11)4-3-5(10)9(8)13/h3-4,7,13H,2,12H2,1H3/t7-/m1/s1. The van der Waals surface area contributed by atoms with Crippen LogP contribution in [0.1, 0.15) is 24.9 Å². The molecule has 0 unspecified atom stereocenters. The van der Waals surface area contributed by atoms with Crippen molar-refractivity contribution in [3.63, 3.8) is 0 Å². The second kappa shape index (κ2) is 4.31. The molecule has 1 rings (SSSR count). The van der Waals surface area contributed by atoms with Gasteiger partial charge in [0.2, 0.25) is 0 Å². The number of hydrogen-bond acceptors (Lipinski definition) is 2. The zero-order chi connectivity index (χ0) is 10.0. The molecule has 0 aromatic heterocycles. The molecule has 0 radical (unpaired) electrons. The highest BCUT2D eigenvalue weighted by Gasteiger charge is 2.15. The second-order valence-electron chi connectivity index (χ2n) is 2.81. The SMILES string of the molecule is CC[C@@H](N)c1c(Cl)ccc(Br)c1O. The maximum Gasteiger partial charge on any atom is 0.136 e.